The van der Waals surface area contributed by atoms with Crippen LogP contribution in [0.1, 0.15) is 23.1 Å². The van der Waals surface area contributed by atoms with Gasteiger partial charge >= 0.3 is 0 Å². The lowest BCUT2D eigenvalue weighted by molar-refractivity contribution is 0.0847. The third-order valence-corrected chi connectivity index (χ3v) is 2.00. The summed E-state index contributed by atoms with van der Waals surface area (Å²) in [5, 5.41) is 16.1. The Labute approximate surface area is 87.9 Å². The smallest absolute Gasteiger partial charge is 0.172 e. The van der Waals surface area contributed by atoms with Crippen LogP contribution in [-0.4, -0.2) is 46.2 Å². The van der Waals surface area contributed by atoms with Crippen LogP contribution in [0.5, 0.6) is 0 Å². The summed E-state index contributed by atoms with van der Waals surface area (Å²) in [6, 6.07) is 0. The van der Waals surface area contributed by atoms with Crippen molar-refractivity contribution in [3.05, 3.63) is 11.4 Å². The lowest BCUT2D eigenvalue weighted by Crippen LogP contribution is -2.12. The molecular weight excluding hydrogens is 198 g/mol. The zero-order valence-electron chi connectivity index (χ0n) is 8.72. The van der Waals surface area contributed by atoms with Crippen molar-refractivity contribution in [1.29, 1.82) is 0 Å². The second-order valence-corrected chi connectivity index (χ2v) is 2.95. The average Bonchev–Trinajstić information content (AvgIpc) is 2.66. The molecule has 1 rings (SSSR count). The van der Waals surface area contributed by atoms with Gasteiger partial charge in [-0.2, -0.15) is 0 Å². The largest absolute Gasteiger partial charge is 0.394 e. The number of rotatable bonds is 7. The molecule has 0 aliphatic rings. The van der Waals surface area contributed by atoms with E-state index in [0.29, 0.717) is 38.2 Å². The molecule has 0 radical (unpaired) electrons. The molecule has 0 saturated heterocycles. The molecule has 15 heavy (non-hydrogen) atoms. The predicted octanol–water partition coefficient (Wildman–Crippen LogP) is -0.338. The van der Waals surface area contributed by atoms with Gasteiger partial charge in [-0.1, -0.05) is 12.1 Å². The van der Waals surface area contributed by atoms with Gasteiger partial charge in [-0.25, -0.2) is 4.68 Å². The lowest BCUT2D eigenvalue weighted by Gasteiger charge is -2.04. The summed E-state index contributed by atoms with van der Waals surface area (Å²) in [6.45, 7) is 3.27. The summed E-state index contributed by atoms with van der Waals surface area (Å²) >= 11 is 0. The highest BCUT2D eigenvalue weighted by molar-refractivity contribution is 5.73. The summed E-state index contributed by atoms with van der Waals surface area (Å²) < 4.78 is 6.76. The topological polar surface area (TPSA) is 77.2 Å². The number of aldehydes is 1. The Hall–Kier alpha value is -1.27. The van der Waals surface area contributed by atoms with Crippen molar-refractivity contribution in [3.63, 3.8) is 0 Å². The molecule has 0 saturated carbocycles. The van der Waals surface area contributed by atoms with Crippen LogP contribution in [0, 0.1) is 0 Å². The van der Waals surface area contributed by atoms with E-state index in [9.17, 15) is 4.79 Å². The highest BCUT2D eigenvalue weighted by Crippen LogP contribution is 2.03. The fourth-order valence-electron chi connectivity index (χ4n) is 1.30. The minimum atomic E-state index is 0.0115. The van der Waals surface area contributed by atoms with Crippen LogP contribution < -0.4 is 0 Å². The van der Waals surface area contributed by atoms with Crippen LogP contribution in [0.2, 0.25) is 0 Å². The van der Waals surface area contributed by atoms with Gasteiger partial charge in [0, 0.05) is 0 Å². The van der Waals surface area contributed by atoms with Crippen LogP contribution in [0.25, 0.3) is 0 Å². The van der Waals surface area contributed by atoms with E-state index in [1.807, 2.05) is 6.92 Å². The third-order valence-electron chi connectivity index (χ3n) is 2.00. The summed E-state index contributed by atoms with van der Waals surface area (Å²) in [5.74, 6) is 0. The summed E-state index contributed by atoms with van der Waals surface area (Å²) in [6.07, 6.45) is 1.41. The number of hydrogen-bond acceptors (Lipinski definition) is 5. The number of ether oxygens (including phenoxy) is 1. The second kappa shape index (κ2) is 6.26. The van der Waals surface area contributed by atoms with Gasteiger partial charge in [0.05, 0.1) is 32.1 Å². The molecule has 0 amide bonds. The van der Waals surface area contributed by atoms with Gasteiger partial charge in [-0.3, -0.25) is 4.79 Å². The number of carbonyl (C=O) groups excluding carboxylic acids is 1. The van der Waals surface area contributed by atoms with E-state index in [1.54, 1.807) is 4.68 Å². The number of aliphatic hydroxyl groups excluding tert-OH is 1. The minimum absolute atomic E-state index is 0.0115. The first-order valence-corrected chi connectivity index (χ1v) is 4.89. The lowest BCUT2D eigenvalue weighted by atomic mass is 10.3. The van der Waals surface area contributed by atoms with Gasteiger partial charge in [0.15, 0.2) is 6.29 Å². The number of aromatic nitrogens is 3. The molecule has 0 aliphatic heterocycles. The molecule has 6 heteroatoms. The van der Waals surface area contributed by atoms with Crippen LogP contribution >= 0.6 is 0 Å². The molecule has 0 unspecified atom stereocenters. The van der Waals surface area contributed by atoms with E-state index in [-0.39, 0.29) is 6.61 Å². The fraction of sp³-hybridized carbons (Fsp3) is 0.667. The molecular formula is C9H15N3O3. The van der Waals surface area contributed by atoms with Gasteiger partial charge in [0.1, 0.15) is 5.69 Å². The maximum atomic E-state index is 10.6. The Morgan fingerprint density at radius 2 is 2.33 bits per heavy atom. The van der Waals surface area contributed by atoms with Crippen LogP contribution in [0.15, 0.2) is 0 Å². The van der Waals surface area contributed by atoms with Gasteiger partial charge < -0.3 is 9.84 Å². The van der Waals surface area contributed by atoms with Crippen LogP contribution in [-0.2, 0) is 17.7 Å². The molecule has 0 atom stereocenters. The number of nitrogens with zero attached hydrogens (tertiary/aromatic N) is 3. The van der Waals surface area contributed by atoms with Gasteiger partial charge in [0.2, 0.25) is 0 Å². The maximum Gasteiger partial charge on any atom is 0.172 e. The first kappa shape index (κ1) is 11.8. The first-order chi connectivity index (χ1) is 7.33. The fourth-order valence-corrected chi connectivity index (χ4v) is 1.30. The Kier molecular flexibility index (Phi) is 4.92. The van der Waals surface area contributed by atoms with E-state index in [0.717, 1.165) is 5.69 Å². The first-order valence-electron chi connectivity index (χ1n) is 4.89. The van der Waals surface area contributed by atoms with Crippen molar-refractivity contribution >= 4 is 6.29 Å². The molecule has 0 fully saturated rings. The molecule has 0 spiro atoms. The van der Waals surface area contributed by atoms with Gasteiger partial charge in [0.25, 0.3) is 0 Å². The minimum Gasteiger partial charge on any atom is -0.394 e. The Balaban J connectivity index is 2.53. The van der Waals surface area contributed by atoms with Crippen molar-refractivity contribution in [2.75, 3.05) is 19.8 Å². The molecule has 0 bridgehead atoms. The van der Waals surface area contributed by atoms with Crippen molar-refractivity contribution in [2.24, 2.45) is 0 Å². The molecule has 0 aromatic carbocycles. The number of aliphatic hydroxyl groups is 1. The zero-order valence-corrected chi connectivity index (χ0v) is 8.72. The Morgan fingerprint density at radius 1 is 1.53 bits per heavy atom. The van der Waals surface area contributed by atoms with Gasteiger partial charge in [-0.05, 0) is 6.42 Å². The zero-order chi connectivity index (χ0) is 11.1. The monoisotopic (exact) mass is 213 g/mol. The van der Waals surface area contributed by atoms with E-state index in [1.165, 1.54) is 0 Å². The predicted molar refractivity (Wildman–Crippen MR) is 52.7 cm³/mol. The number of carbonyl (C=O) groups is 1. The van der Waals surface area contributed by atoms with Crippen LogP contribution in [0.4, 0.5) is 0 Å². The highest BCUT2D eigenvalue weighted by atomic mass is 16.5. The normalized spacial score (nSPS) is 10.5. The van der Waals surface area contributed by atoms with E-state index in [2.05, 4.69) is 10.3 Å². The Bertz CT molecular complexity index is 312. The molecule has 1 aromatic heterocycles. The van der Waals surface area contributed by atoms with Gasteiger partial charge in [-0.15, -0.1) is 5.10 Å². The molecule has 84 valence electrons. The average molecular weight is 213 g/mol. The molecule has 1 N–H and O–H groups in total. The molecule has 1 heterocycles. The standard InChI is InChI=1S/C9H15N3O3/c1-2-9-8(7-14)10-11-12(9)3-5-15-6-4-13/h7,13H,2-6H2,1H3. The van der Waals surface area contributed by atoms with Crippen molar-refractivity contribution in [2.45, 2.75) is 19.9 Å². The quantitative estimate of drug-likeness (QED) is 0.495. The summed E-state index contributed by atoms with van der Waals surface area (Å²) in [4.78, 5) is 10.6. The molecule has 6 nitrogen and oxygen atoms in total. The SMILES string of the molecule is CCc1c(C=O)nnn1CCOCCO. The highest BCUT2D eigenvalue weighted by Gasteiger charge is 2.09. The van der Waals surface area contributed by atoms with E-state index < -0.39 is 0 Å². The van der Waals surface area contributed by atoms with Crippen molar-refractivity contribution in [1.82, 2.24) is 15.0 Å². The summed E-state index contributed by atoms with van der Waals surface area (Å²) in [5.41, 5.74) is 1.21. The maximum absolute atomic E-state index is 10.6. The van der Waals surface area contributed by atoms with E-state index >= 15 is 0 Å². The summed E-state index contributed by atoms with van der Waals surface area (Å²) in [7, 11) is 0. The van der Waals surface area contributed by atoms with Crippen molar-refractivity contribution in [3.8, 4) is 0 Å². The third kappa shape index (κ3) is 3.10. The van der Waals surface area contributed by atoms with E-state index in [4.69, 9.17) is 9.84 Å². The molecule has 1 aromatic rings. The second-order valence-electron chi connectivity index (χ2n) is 2.95. The Morgan fingerprint density at radius 3 is 2.93 bits per heavy atom. The van der Waals surface area contributed by atoms with Crippen molar-refractivity contribution < 1.29 is 14.6 Å². The molecule has 0 aliphatic carbocycles. The number of hydrogen-bond donors (Lipinski definition) is 1. The van der Waals surface area contributed by atoms with Crippen LogP contribution in [0.3, 0.4) is 0 Å².